The van der Waals surface area contributed by atoms with E-state index >= 15 is 0 Å². The Bertz CT molecular complexity index is 402. The van der Waals surface area contributed by atoms with Crippen LogP contribution in [0.5, 0.6) is 0 Å². The topological polar surface area (TPSA) is 87.7 Å². The molecule has 0 fully saturated rings. The molecule has 0 spiro atoms. The van der Waals surface area contributed by atoms with Gasteiger partial charge in [0.2, 0.25) is 0 Å². The smallest absolute Gasteiger partial charge is 0.259 e. The predicted octanol–water partition coefficient (Wildman–Crippen LogP) is -2.24. The Hall–Kier alpha value is -1.59. The lowest BCUT2D eigenvalue weighted by molar-refractivity contribution is 0.710. The van der Waals surface area contributed by atoms with Gasteiger partial charge in [-0.1, -0.05) is 0 Å². The van der Waals surface area contributed by atoms with Gasteiger partial charge in [-0.25, -0.2) is 19.0 Å². The van der Waals surface area contributed by atoms with Gasteiger partial charge in [-0.15, -0.1) is 0 Å². The first-order chi connectivity index (χ1) is 5.04. The Morgan fingerprint density at radius 1 is 1.40 bits per heavy atom. The van der Waals surface area contributed by atoms with E-state index in [9.17, 15) is 14.4 Å². The molecular weight excluding hydrogens is 138 g/mol. The second-order valence-electron chi connectivity index (χ2n) is 1.69. The zero-order valence-corrected chi connectivity index (χ0v) is 5.12. The van der Waals surface area contributed by atoms with E-state index in [-0.39, 0.29) is 4.98 Å². The maximum atomic E-state index is 10.7. The molecule has 0 unspecified atom stereocenters. The highest BCUT2D eigenvalue weighted by Crippen LogP contribution is 1.43. The standard InChI is InChI=1S/C4H5N3O3/c1-7-3(9)5-2(8)6-4(7)10/h1H3,(H2,5,6,8,9,10)/i/hD. The van der Waals surface area contributed by atoms with Crippen molar-refractivity contribution in [2.24, 2.45) is 7.05 Å². The number of H-pyrrole nitrogens is 2. The third kappa shape index (κ3) is 0.903. The molecule has 0 aliphatic heterocycles. The van der Waals surface area contributed by atoms with Gasteiger partial charge in [0, 0.05) is 7.05 Å². The van der Waals surface area contributed by atoms with Gasteiger partial charge in [0.1, 0.15) is 0 Å². The van der Waals surface area contributed by atoms with Gasteiger partial charge in [-0.05, 0) is 0 Å². The zero-order valence-electron chi connectivity index (χ0n) is 6.12. The minimum absolute atomic E-state index is 0.0708. The molecule has 0 aliphatic rings. The van der Waals surface area contributed by atoms with Gasteiger partial charge in [0.25, 0.3) is 0 Å². The van der Waals surface area contributed by atoms with Crippen LogP contribution in [0.1, 0.15) is 0 Å². The van der Waals surface area contributed by atoms with Crippen molar-refractivity contribution in [2.45, 2.75) is 0 Å². The Morgan fingerprint density at radius 3 is 2.60 bits per heavy atom. The van der Waals surface area contributed by atoms with E-state index in [0.29, 0.717) is 4.57 Å². The monoisotopic (exact) mass is 144 g/mol. The van der Waals surface area contributed by atoms with E-state index < -0.39 is 17.1 Å². The summed E-state index contributed by atoms with van der Waals surface area (Å²) in [5.41, 5.74) is -2.81. The molecule has 1 aromatic rings. The molecule has 2 N–H and O–H groups in total. The van der Waals surface area contributed by atoms with Crippen molar-refractivity contribution in [3.63, 3.8) is 0 Å². The van der Waals surface area contributed by atoms with Gasteiger partial charge in [0.15, 0.2) is 1.41 Å². The minimum atomic E-state index is -1.03. The van der Waals surface area contributed by atoms with Gasteiger partial charge < -0.3 is 0 Å². The first-order valence-corrected chi connectivity index (χ1v) is 2.45. The fourth-order valence-corrected chi connectivity index (χ4v) is 0.452. The summed E-state index contributed by atoms with van der Waals surface area (Å²) in [6, 6.07) is 0. The van der Waals surface area contributed by atoms with Crippen molar-refractivity contribution < 1.29 is 1.41 Å². The van der Waals surface area contributed by atoms with E-state index in [1.54, 1.807) is 4.98 Å². The highest BCUT2D eigenvalue weighted by Gasteiger charge is 1.93. The van der Waals surface area contributed by atoms with Crippen molar-refractivity contribution >= 4 is 0 Å². The molecular formula is C4H5N3O3. The number of nitrogens with zero attached hydrogens (tertiary/aromatic N) is 1. The third-order valence-corrected chi connectivity index (χ3v) is 1.00. The second kappa shape index (κ2) is 1.98. The zero-order chi connectivity index (χ0) is 8.59. The lowest BCUT2D eigenvalue weighted by Crippen LogP contribution is -2.41. The fraction of sp³-hybridized carbons (Fsp3) is 0.250. The van der Waals surface area contributed by atoms with Gasteiger partial charge in [-0.3, -0.25) is 9.96 Å². The highest BCUT2D eigenvalue weighted by atomic mass is 16.2. The Labute approximate surface area is 55.6 Å². The molecule has 6 nitrogen and oxygen atoms in total. The van der Waals surface area contributed by atoms with E-state index in [4.69, 9.17) is 1.41 Å². The first kappa shape index (κ1) is 5.21. The SMILES string of the molecule is [2H]n1c(=O)[nH]c(=O)n(C)c1=O. The highest BCUT2D eigenvalue weighted by molar-refractivity contribution is 4.65. The quantitative estimate of drug-likeness (QED) is 0.431. The molecule has 0 bridgehead atoms. The van der Waals surface area contributed by atoms with Crippen LogP contribution in [0.4, 0.5) is 0 Å². The van der Waals surface area contributed by atoms with Gasteiger partial charge in [-0.2, -0.15) is 0 Å². The van der Waals surface area contributed by atoms with Crippen LogP contribution >= 0.6 is 0 Å². The van der Waals surface area contributed by atoms with E-state index in [1.807, 2.05) is 0 Å². The largest absolute Gasteiger partial charge is 0.333 e. The molecule has 6 heteroatoms. The fourth-order valence-electron chi connectivity index (χ4n) is 0.452. The summed E-state index contributed by atoms with van der Waals surface area (Å²) >= 11 is 0. The summed E-state index contributed by atoms with van der Waals surface area (Å²) in [7, 11) is 1.17. The van der Waals surface area contributed by atoms with Crippen molar-refractivity contribution in [1.82, 2.24) is 14.5 Å². The van der Waals surface area contributed by atoms with Crippen LogP contribution in [0.15, 0.2) is 14.4 Å². The van der Waals surface area contributed by atoms with Crippen molar-refractivity contribution in [2.75, 3.05) is 0 Å². The Morgan fingerprint density at radius 2 is 2.00 bits per heavy atom. The number of aromatic amines is 2. The van der Waals surface area contributed by atoms with Crippen LogP contribution < -0.4 is 17.1 Å². The van der Waals surface area contributed by atoms with Crippen molar-refractivity contribution in [1.29, 1.82) is 0 Å². The second-order valence-corrected chi connectivity index (χ2v) is 1.69. The van der Waals surface area contributed by atoms with Crippen molar-refractivity contribution in [3.8, 4) is 0 Å². The summed E-state index contributed by atoms with van der Waals surface area (Å²) in [6.07, 6.45) is 0. The third-order valence-electron chi connectivity index (χ3n) is 1.00. The molecule has 0 saturated heterocycles. The van der Waals surface area contributed by atoms with Crippen molar-refractivity contribution in [3.05, 3.63) is 31.5 Å². The summed E-state index contributed by atoms with van der Waals surface area (Å²) in [4.78, 5) is 33.7. The summed E-state index contributed by atoms with van der Waals surface area (Å²) < 4.78 is 7.42. The molecule has 1 aromatic heterocycles. The van der Waals surface area contributed by atoms with Crippen LogP contribution in [0.2, 0.25) is 1.41 Å². The number of aromatic nitrogens is 3. The van der Waals surface area contributed by atoms with Gasteiger partial charge >= 0.3 is 17.1 Å². The lowest BCUT2D eigenvalue weighted by Gasteiger charge is -1.88. The maximum absolute atomic E-state index is 10.7. The van der Waals surface area contributed by atoms with E-state index in [2.05, 4.69) is 0 Å². The maximum Gasteiger partial charge on any atom is 0.333 e. The summed E-state index contributed by atoms with van der Waals surface area (Å²) in [5.74, 6) is 0. The van der Waals surface area contributed by atoms with Crippen LogP contribution in [-0.2, 0) is 7.05 Å². The summed E-state index contributed by atoms with van der Waals surface area (Å²) in [6.45, 7) is 0. The molecule has 0 saturated carbocycles. The molecule has 10 heavy (non-hydrogen) atoms. The average molecular weight is 144 g/mol. The molecule has 0 aliphatic carbocycles. The predicted molar refractivity (Wildman–Crippen MR) is 32.9 cm³/mol. The molecule has 0 amide bonds. The first-order valence-electron chi connectivity index (χ1n) is 2.90. The molecule has 1 heterocycles. The Kier molecular flexibility index (Phi) is 1.03. The normalized spacial score (nSPS) is 11.1. The average Bonchev–Trinajstić information content (AvgIpc) is 1.97. The van der Waals surface area contributed by atoms with E-state index in [1.165, 1.54) is 7.05 Å². The molecule has 0 radical (unpaired) electrons. The van der Waals surface area contributed by atoms with Crippen LogP contribution in [-0.4, -0.2) is 14.5 Å². The van der Waals surface area contributed by atoms with Crippen LogP contribution in [0.3, 0.4) is 0 Å². The summed E-state index contributed by atoms with van der Waals surface area (Å²) in [5, 5.41) is 0. The van der Waals surface area contributed by atoms with Crippen LogP contribution in [0.25, 0.3) is 0 Å². The number of nitrogens with one attached hydrogen (secondary N) is 2. The molecule has 54 valence electrons. The molecule has 0 atom stereocenters. The number of rotatable bonds is 0. The lowest BCUT2D eigenvalue weighted by atomic mass is 10.9. The Balaban J connectivity index is 3.89. The number of hydrogen-bond acceptors (Lipinski definition) is 3. The molecule has 0 aromatic carbocycles. The number of hydrogen-bond donors (Lipinski definition) is 2. The van der Waals surface area contributed by atoms with Crippen LogP contribution in [0, 0.1) is 0 Å². The molecule has 1 rings (SSSR count). The van der Waals surface area contributed by atoms with Gasteiger partial charge in [0.05, 0.1) is 0 Å². The van der Waals surface area contributed by atoms with E-state index in [0.717, 1.165) is 0 Å². The minimum Gasteiger partial charge on any atom is -0.259 e.